The van der Waals surface area contributed by atoms with Crippen molar-refractivity contribution in [3.8, 4) is 5.75 Å². The van der Waals surface area contributed by atoms with Gasteiger partial charge in [-0.2, -0.15) is 0 Å². The Morgan fingerprint density at radius 1 is 1.21 bits per heavy atom. The lowest BCUT2D eigenvalue weighted by Gasteiger charge is -2.05. The predicted octanol–water partition coefficient (Wildman–Crippen LogP) is 2.11. The highest BCUT2D eigenvalue weighted by molar-refractivity contribution is 5.18. The number of ether oxygens (including phenoxy) is 1. The van der Waals surface area contributed by atoms with Gasteiger partial charge in [-0.15, -0.1) is 0 Å². The van der Waals surface area contributed by atoms with Crippen LogP contribution in [0.15, 0.2) is 51.9 Å². The third-order valence-electron chi connectivity index (χ3n) is 2.76. The zero-order valence-corrected chi connectivity index (χ0v) is 10.7. The smallest absolute Gasteiger partial charge is 0.227 e. The van der Waals surface area contributed by atoms with Crippen molar-refractivity contribution in [2.45, 2.75) is 19.4 Å². The van der Waals surface area contributed by atoms with E-state index in [0.29, 0.717) is 12.4 Å². The van der Waals surface area contributed by atoms with Crippen LogP contribution >= 0.6 is 0 Å². The van der Waals surface area contributed by atoms with E-state index in [2.05, 4.69) is 12.1 Å². The molecule has 4 nitrogen and oxygen atoms in total. The van der Waals surface area contributed by atoms with Gasteiger partial charge in [0.15, 0.2) is 0 Å². The van der Waals surface area contributed by atoms with Crippen LogP contribution in [0.1, 0.15) is 17.7 Å². The van der Waals surface area contributed by atoms with E-state index in [9.17, 15) is 4.79 Å². The van der Waals surface area contributed by atoms with Gasteiger partial charge in [0.25, 0.3) is 0 Å². The van der Waals surface area contributed by atoms with E-state index in [1.54, 1.807) is 0 Å². The van der Waals surface area contributed by atoms with E-state index in [0.717, 1.165) is 12.8 Å². The summed E-state index contributed by atoms with van der Waals surface area (Å²) in [6, 6.07) is 11.5. The monoisotopic (exact) mass is 259 g/mol. The Balaban J connectivity index is 1.81. The molecule has 0 fully saturated rings. The normalized spacial score (nSPS) is 10.4. The summed E-state index contributed by atoms with van der Waals surface area (Å²) in [7, 11) is 0. The summed E-state index contributed by atoms with van der Waals surface area (Å²) in [5.41, 5.74) is 6.45. The van der Waals surface area contributed by atoms with Crippen LogP contribution in [-0.4, -0.2) is 6.61 Å². The molecule has 0 spiro atoms. The van der Waals surface area contributed by atoms with Gasteiger partial charge in [-0.25, -0.2) is 0 Å². The molecule has 1 heterocycles. The van der Waals surface area contributed by atoms with E-state index in [-0.39, 0.29) is 17.7 Å². The van der Waals surface area contributed by atoms with Crippen molar-refractivity contribution in [3.05, 3.63) is 64.2 Å². The molecule has 2 N–H and O–H groups in total. The van der Waals surface area contributed by atoms with Gasteiger partial charge in [-0.05, 0) is 18.4 Å². The van der Waals surface area contributed by atoms with E-state index in [4.69, 9.17) is 14.9 Å². The minimum Gasteiger partial charge on any atom is -0.487 e. The van der Waals surface area contributed by atoms with Gasteiger partial charge in [0.05, 0.1) is 13.2 Å². The summed E-state index contributed by atoms with van der Waals surface area (Å²) in [6.07, 6.45) is 3.10. The third-order valence-corrected chi connectivity index (χ3v) is 2.76. The minimum atomic E-state index is -0.189. The fourth-order valence-corrected chi connectivity index (χ4v) is 1.75. The molecule has 0 radical (unpaired) electrons. The molecule has 0 amide bonds. The van der Waals surface area contributed by atoms with Crippen LogP contribution < -0.4 is 15.9 Å². The average molecular weight is 259 g/mol. The maximum absolute atomic E-state index is 11.6. The van der Waals surface area contributed by atoms with Crippen LogP contribution in [0, 0.1) is 0 Å². The van der Waals surface area contributed by atoms with Crippen LogP contribution in [0.3, 0.4) is 0 Å². The van der Waals surface area contributed by atoms with Gasteiger partial charge in [0.1, 0.15) is 12.0 Å². The Morgan fingerprint density at radius 2 is 2.00 bits per heavy atom. The molecule has 2 aromatic rings. The van der Waals surface area contributed by atoms with Gasteiger partial charge in [0.2, 0.25) is 11.2 Å². The Kier molecular flexibility index (Phi) is 4.75. The number of benzene rings is 1. The molecule has 0 saturated heterocycles. The number of rotatable bonds is 6. The summed E-state index contributed by atoms with van der Waals surface area (Å²) in [4.78, 5) is 11.6. The number of nitrogens with two attached hydrogens (primary N) is 1. The van der Waals surface area contributed by atoms with Gasteiger partial charge in [-0.1, -0.05) is 30.3 Å². The number of hydrogen-bond donors (Lipinski definition) is 1. The second kappa shape index (κ2) is 6.75. The Labute approximate surface area is 111 Å². The molecule has 100 valence electrons. The van der Waals surface area contributed by atoms with Crippen molar-refractivity contribution in [2.24, 2.45) is 5.73 Å². The first-order valence-electron chi connectivity index (χ1n) is 6.28. The minimum absolute atomic E-state index is 0.189. The first-order valence-corrected chi connectivity index (χ1v) is 6.28. The molecule has 0 saturated carbocycles. The second-order valence-electron chi connectivity index (χ2n) is 4.22. The molecule has 0 atom stereocenters. The highest BCUT2D eigenvalue weighted by Crippen LogP contribution is 2.07. The average Bonchev–Trinajstić information content (AvgIpc) is 2.46. The highest BCUT2D eigenvalue weighted by Gasteiger charge is 2.03. The zero-order chi connectivity index (χ0) is 13.5. The van der Waals surface area contributed by atoms with Crippen molar-refractivity contribution in [3.63, 3.8) is 0 Å². The Hall–Kier alpha value is -2.07. The summed E-state index contributed by atoms with van der Waals surface area (Å²) in [6.45, 7) is 0.700. The lowest BCUT2D eigenvalue weighted by atomic mass is 10.1. The number of hydrogen-bond acceptors (Lipinski definition) is 4. The second-order valence-corrected chi connectivity index (χ2v) is 4.22. The maximum atomic E-state index is 11.6. The molecule has 0 aliphatic rings. The van der Waals surface area contributed by atoms with E-state index in [1.165, 1.54) is 17.9 Å². The largest absolute Gasteiger partial charge is 0.487 e. The molecule has 0 bridgehead atoms. The summed E-state index contributed by atoms with van der Waals surface area (Å²) < 4.78 is 10.6. The van der Waals surface area contributed by atoms with Crippen LogP contribution in [-0.2, 0) is 13.0 Å². The standard InChI is InChI=1S/C15H17NO3/c16-10-13-9-14(17)15(11-19-13)18-8-4-7-12-5-2-1-3-6-12/h1-3,5-6,9,11H,4,7-8,10,16H2. The molecule has 4 heteroatoms. The molecule has 0 unspecified atom stereocenters. The third kappa shape index (κ3) is 3.96. The van der Waals surface area contributed by atoms with E-state index in [1.807, 2.05) is 18.2 Å². The number of aryl methyl sites for hydroxylation is 1. The van der Waals surface area contributed by atoms with Crippen molar-refractivity contribution in [1.29, 1.82) is 0 Å². The first kappa shape index (κ1) is 13.4. The molecule has 2 rings (SSSR count). The fraction of sp³-hybridized carbons (Fsp3) is 0.267. The molecule has 19 heavy (non-hydrogen) atoms. The molecule has 0 aliphatic carbocycles. The summed E-state index contributed by atoms with van der Waals surface area (Å²) in [5.74, 6) is 0.701. The van der Waals surface area contributed by atoms with Gasteiger partial charge in [-0.3, -0.25) is 4.79 Å². The maximum Gasteiger partial charge on any atom is 0.227 e. The van der Waals surface area contributed by atoms with Crippen molar-refractivity contribution < 1.29 is 9.15 Å². The predicted molar refractivity (Wildman–Crippen MR) is 73.1 cm³/mol. The lowest BCUT2D eigenvalue weighted by Crippen LogP contribution is -2.10. The summed E-state index contributed by atoms with van der Waals surface area (Å²) >= 11 is 0. The molecular weight excluding hydrogens is 242 g/mol. The van der Waals surface area contributed by atoms with Crippen LogP contribution in [0.5, 0.6) is 5.75 Å². The van der Waals surface area contributed by atoms with Crippen LogP contribution in [0.4, 0.5) is 0 Å². The van der Waals surface area contributed by atoms with E-state index < -0.39 is 0 Å². The van der Waals surface area contributed by atoms with Gasteiger partial charge in [0, 0.05) is 6.07 Å². The highest BCUT2D eigenvalue weighted by atomic mass is 16.5. The summed E-state index contributed by atoms with van der Waals surface area (Å²) in [5, 5.41) is 0. The molecular formula is C15H17NO3. The SMILES string of the molecule is NCc1cc(=O)c(OCCCc2ccccc2)co1. The molecule has 0 aliphatic heterocycles. The molecule has 1 aromatic carbocycles. The lowest BCUT2D eigenvalue weighted by molar-refractivity contribution is 0.295. The Morgan fingerprint density at radius 3 is 2.68 bits per heavy atom. The molecule has 1 aromatic heterocycles. The van der Waals surface area contributed by atoms with Crippen LogP contribution in [0.25, 0.3) is 0 Å². The Bertz CT molecular complexity index is 563. The van der Waals surface area contributed by atoms with E-state index >= 15 is 0 Å². The van der Waals surface area contributed by atoms with Crippen molar-refractivity contribution in [1.82, 2.24) is 0 Å². The first-order chi connectivity index (χ1) is 9.29. The van der Waals surface area contributed by atoms with Crippen molar-refractivity contribution in [2.75, 3.05) is 6.61 Å². The van der Waals surface area contributed by atoms with Gasteiger partial charge < -0.3 is 14.9 Å². The quantitative estimate of drug-likeness (QED) is 0.807. The zero-order valence-electron chi connectivity index (χ0n) is 10.7. The van der Waals surface area contributed by atoms with Crippen LogP contribution in [0.2, 0.25) is 0 Å². The van der Waals surface area contributed by atoms with Crippen molar-refractivity contribution >= 4 is 0 Å². The topological polar surface area (TPSA) is 65.5 Å². The van der Waals surface area contributed by atoms with Gasteiger partial charge >= 0.3 is 0 Å². The fourth-order valence-electron chi connectivity index (χ4n) is 1.75.